The van der Waals surface area contributed by atoms with Gasteiger partial charge in [-0.2, -0.15) is 0 Å². The number of hydrogen-bond acceptors (Lipinski definition) is 4. The molecule has 0 bridgehead atoms. The lowest BCUT2D eigenvalue weighted by atomic mass is 10.2. The van der Waals surface area contributed by atoms with E-state index in [1.807, 2.05) is 0 Å². The number of esters is 1. The van der Waals surface area contributed by atoms with Crippen LogP contribution in [-0.2, 0) is 9.53 Å². The highest BCUT2D eigenvalue weighted by atomic mass is 32.2. The van der Waals surface area contributed by atoms with E-state index < -0.39 is 0 Å². The number of carbonyl (C=O) groups is 1. The average molecular weight is 233 g/mol. The number of unbranched alkanes of at least 4 members (excludes halogenated alkanes) is 1. The number of methoxy groups -OCH3 is 1. The zero-order valence-corrected chi connectivity index (χ0v) is 10.8. The van der Waals surface area contributed by atoms with Crippen molar-refractivity contribution >= 4 is 17.7 Å². The summed E-state index contributed by atoms with van der Waals surface area (Å²) in [7, 11) is 1.45. The minimum Gasteiger partial charge on any atom is -0.468 e. The highest BCUT2D eigenvalue weighted by molar-refractivity contribution is 8.00. The normalized spacial score (nSPS) is 14.7. The Kier molecular flexibility index (Phi) is 8.91. The molecule has 0 heterocycles. The minimum absolute atomic E-state index is 0.0102. The Bertz CT molecular complexity index is 176. The molecule has 0 aliphatic carbocycles. The Morgan fingerprint density at radius 3 is 2.67 bits per heavy atom. The first-order valence-electron chi connectivity index (χ1n) is 5.55. The van der Waals surface area contributed by atoms with Crippen LogP contribution in [0.5, 0.6) is 0 Å². The molecule has 0 amide bonds. The molecular weight excluding hydrogens is 210 g/mol. The second-order valence-corrected chi connectivity index (χ2v) is 5.06. The lowest BCUT2D eigenvalue weighted by Gasteiger charge is -2.15. The van der Waals surface area contributed by atoms with Crippen LogP contribution in [0.3, 0.4) is 0 Å². The topological polar surface area (TPSA) is 52.3 Å². The largest absolute Gasteiger partial charge is 0.468 e. The lowest BCUT2D eigenvalue weighted by Crippen LogP contribution is -2.22. The monoisotopic (exact) mass is 233 g/mol. The molecule has 3 nitrogen and oxygen atoms in total. The summed E-state index contributed by atoms with van der Waals surface area (Å²) in [6.07, 6.45) is 3.09. The molecule has 0 aliphatic heterocycles. The van der Waals surface area contributed by atoms with E-state index in [1.54, 1.807) is 11.8 Å². The van der Waals surface area contributed by atoms with Gasteiger partial charge in [-0.3, -0.25) is 4.79 Å². The first kappa shape index (κ1) is 14.8. The molecule has 0 radical (unpaired) electrons. The molecule has 2 N–H and O–H groups in total. The maximum atomic E-state index is 11.4. The molecular formula is C11H23NO2S. The van der Waals surface area contributed by atoms with E-state index in [9.17, 15) is 4.79 Å². The number of ether oxygens (including phenoxy) is 1. The van der Waals surface area contributed by atoms with Gasteiger partial charge in [0.25, 0.3) is 0 Å². The second-order valence-electron chi connectivity index (χ2n) is 3.83. The molecule has 2 atom stereocenters. The molecule has 4 heteroatoms. The molecule has 2 unspecified atom stereocenters. The van der Waals surface area contributed by atoms with Crippen LogP contribution in [0.2, 0.25) is 0 Å². The van der Waals surface area contributed by atoms with Gasteiger partial charge >= 0.3 is 5.97 Å². The molecule has 15 heavy (non-hydrogen) atoms. The molecule has 0 saturated heterocycles. The Morgan fingerprint density at radius 2 is 2.20 bits per heavy atom. The molecule has 0 aromatic heterocycles. The summed E-state index contributed by atoms with van der Waals surface area (Å²) in [6, 6.07) is 0. The summed E-state index contributed by atoms with van der Waals surface area (Å²) < 4.78 is 4.78. The van der Waals surface area contributed by atoms with Gasteiger partial charge in [-0.15, -0.1) is 11.8 Å². The van der Waals surface area contributed by atoms with E-state index in [4.69, 9.17) is 10.5 Å². The van der Waals surface area contributed by atoms with Gasteiger partial charge in [-0.25, -0.2) is 0 Å². The Balaban J connectivity index is 3.95. The molecule has 0 aromatic rings. The fourth-order valence-corrected chi connectivity index (χ4v) is 2.40. The summed E-state index contributed by atoms with van der Waals surface area (Å²) >= 11 is 1.67. The second kappa shape index (κ2) is 9.04. The summed E-state index contributed by atoms with van der Waals surface area (Å²) in [6.45, 7) is 4.90. The van der Waals surface area contributed by atoms with Gasteiger partial charge in [-0.1, -0.05) is 26.7 Å². The number of thioether (sulfide) groups is 1. The van der Waals surface area contributed by atoms with Crippen molar-refractivity contribution in [2.75, 3.05) is 19.4 Å². The molecule has 0 fully saturated rings. The Hall–Kier alpha value is -0.220. The third kappa shape index (κ3) is 6.79. The van der Waals surface area contributed by atoms with E-state index in [0.717, 1.165) is 25.0 Å². The van der Waals surface area contributed by atoms with Crippen molar-refractivity contribution < 1.29 is 9.53 Å². The lowest BCUT2D eigenvalue weighted by molar-refractivity contribution is -0.140. The molecule has 0 saturated carbocycles. The van der Waals surface area contributed by atoms with Gasteiger partial charge in [0, 0.05) is 0 Å². The highest BCUT2D eigenvalue weighted by Gasteiger charge is 2.19. The van der Waals surface area contributed by atoms with Crippen LogP contribution in [0.4, 0.5) is 0 Å². The van der Waals surface area contributed by atoms with E-state index in [-0.39, 0.29) is 11.2 Å². The van der Waals surface area contributed by atoms with Gasteiger partial charge in [0.1, 0.15) is 5.25 Å². The number of carbonyl (C=O) groups excluding carboxylic acids is 1. The van der Waals surface area contributed by atoms with Crippen LogP contribution in [-0.4, -0.2) is 30.6 Å². The van der Waals surface area contributed by atoms with Crippen molar-refractivity contribution in [3.8, 4) is 0 Å². The zero-order valence-electron chi connectivity index (χ0n) is 9.99. The number of rotatable bonds is 8. The van der Waals surface area contributed by atoms with Crippen molar-refractivity contribution in [3.05, 3.63) is 0 Å². The average Bonchev–Trinajstić information content (AvgIpc) is 2.27. The van der Waals surface area contributed by atoms with Crippen LogP contribution in [0.25, 0.3) is 0 Å². The standard InChI is InChI=1S/C11H23NO2S/c1-4-5-6-10(11(13)14-3)15-8-9(2)7-12/h9-10H,4-8,12H2,1-3H3. The molecule has 0 aromatic carbocycles. The van der Waals surface area contributed by atoms with Crippen LogP contribution < -0.4 is 5.73 Å². The van der Waals surface area contributed by atoms with Gasteiger partial charge in [0.2, 0.25) is 0 Å². The molecule has 0 spiro atoms. The van der Waals surface area contributed by atoms with Gasteiger partial charge in [0.15, 0.2) is 0 Å². The molecule has 0 rings (SSSR count). The van der Waals surface area contributed by atoms with E-state index in [1.165, 1.54) is 7.11 Å². The van der Waals surface area contributed by atoms with Gasteiger partial charge < -0.3 is 10.5 Å². The van der Waals surface area contributed by atoms with Gasteiger partial charge in [0.05, 0.1) is 7.11 Å². The predicted octanol–water partition coefficient (Wildman–Crippen LogP) is 2.05. The third-order valence-electron chi connectivity index (χ3n) is 2.27. The minimum atomic E-state index is -0.0994. The quantitative estimate of drug-likeness (QED) is 0.652. The fourth-order valence-electron chi connectivity index (χ4n) is 1.14. The predicted molar refractivity (Wildman–Crippen MR) is 66.0 cm³/mol. The summed E-state index contributed by atoms with van der Waals surface area (Å²) in [5.74, 6) is 1.29. The van der Waals surface area contributed by atoms with Crippen LogP contribution in [0, 0.1) is 5.92 Å². The summed E-state index contributed by atoms with van der Waals surface area (Å²) in [5, 5.41) is -0.0102. The van der Waals surface area contributed by atoms with E-state index >= 15 is 0 Å². The van der Waals surface area contributed by atoms with Crippen molar-refractivity contribution in [3.63, 3.8) is 0 Å². The third-order valence-corrected chi connectivity index (χ3v) is 3.86. The van der Waals surface area contributed by atoms with Gasteiger partial charge in [-0.05, 0) is 24.6 Å². The first-order valence-corrected chi connectivity index (χ1v) is 6.60. The molecule has 90 valence electrons. The fraction of sp³-hybridized carbons (Fsp3) is 0.909. The maximum absolute atomic E-state index is 11.4. The number of hydrogen-bond donors (Lipinski definition) is 1. The summed E-state index contributed by atoms with van der Waals surface area (Å²) in [5.41, 5.74) is 5.54. The SMILES string of the molecule is CCCCC(SCC(C)CN)C(=O)OC. The van der Waals surface area contributed by atoms with Crippen LogP contribution >= 0.6 is 11.8 Å². The molecule has 0 aliphatic rings. The van der Waals surface area contributed by atoms with E-state index in [2.05, 4.69) is 13.8 Å². The van der Waals surface area contributed by atoms with Crippen molar-refractivity contribution in [2.45, 2.75) is 38.4 Å². The van der Waals surface area contributed by atoms with Crippen molar-refractivity contribution in [2.24, 2.45) is 11.7 Å². The Labute approximate surface area is 97.1 Å². The van der Waals surface area contributed by atoms with E-state index in [0.29, 0.717) is 12.5 Å². The van der Waals surface area contributed by atoms with Crippen molar-refractivity contribution in [1.29, 1.82) is 0 Å². The maximum Gasteiger partial charge on any atom is 0.318 e. The summed E-state index contributed by atoms with van der Waals surface area (Å²) in [4.78, 5) is 11.4. The number of nitrogens with two attached hydrogens (primary N) is 1. The van der Waals surface area contributed by atoms with Crippen molar-refractivity contribution in [1.82, 2.24) is 0 Å². The van der Waals surface area contributed by atoms with Crippen LogP contribution in [0.1, 0.15) is 33.1 Å². The Morgan fingerprint density at radius 1 is 1.53 bits per heavy atom. The van der Waals surface area contributed by atoms with Crippen LogP contribution in [0.15, 0.2) is 0 Å². The first-order chi connectivity index (χ1) is 7.15. The smallest absolute Gasteiger partial charge is 0.318 e. The zero-order chi connectivity index (χ0) is 11.7. The highest BCUT2D eigenvalue weighted by Crippen LogP contribution is 2.21.